The van der Waals surface area contributed by atoms with E-state index in [-0.39, 0.29) is 11.3 Å². The van der Waals surface area contributed by atoms with Crippen LogP contribution in [0.15, 0.2) is 0 Å². The molecule has 0 atom stereocenters. The Morgan fingerprint density at radius 1 is 1.11 bits per heavy atom. The van der Waals surface area contributed by atoms with Crippen molar-refractivity contribution in [1.29, 1.82) is 0 Å². The molecule has 0 aliphatic rings. The minimum atomic E-state index is -2.86. The quantitative estimate of drug-likeness (QED) is 0.660. The molecule has 5 heteroatoms. The largest absolute Gasteiger partial charge is 0.329 e. The van der Waals surface area contributed by atoms with E-state index < -0.39 is 9.84 Å². The molecule has 4 nitrogen and oxygen atoms in total. The molecule has 0 saturated heterocycles. The Morgan fingerprint density at radius 2 is 1.67 bits per heavy atom. The molecular weight excluding hydrogens is 248 g/mol. The summed E-state index contributed by atoms with van der Waals surface area (Å²) in [4.78, 5) is 2.39. The standard InChI is InChI=1S/C13H30N2O2S/c1-5-9-15(10-8-11-18(4,16)17)13(6-2,7-3)12-14/h5-12,14H2,1-4H3. The Bertz CT molecular complexity index is 303. The molecule has 0 fully saturated rings. The molecule has 0 aliphatic carbocycles. The summed E-state index contributed by atoms with van der Waals surface area (Å²) in [6.07, 6.45) is 5.09. The maximum absolute atomic E-state index is 11.2. The third-order valence-electron chi connectivity index (χ3n) is 3.80. The number of hydrogen-bond acceptors (Lipinski definition) is 4. The molecule has 18 heavy (non-hydrogen) atoms. The fourth-order valence-corrected chi connectivity index (χ4v) is 3.14. The second-order valence-electron chi connectivity index (χ2n) is 5.11. The lowest BCUT2D eigenvalue weighted by Gasteiger charge is -2.42. The van der Waals surface area contributed by atoms with Crippen LogP contribution in [0.3, 0.4) is 0 Å². The SMILES string of the molecule is CCCN(CCCS(C)(=O)=O)C(CC)(CC)CN. The van der Waals surface area contributed by atoms with Gasteiger partial charge in [-0.1, -0.05) is 20.8 Å². The van der Waals surface area contributed by atoms with Crippen LogP contribution >= 0.6 is 0 Å². The van der Waals surface area contributed by atoms with Crippen LogP contribution in [-0.4, -0.2) is 50.5 Å². The van der Waals surface area contributed by atoms with Crippen molar-refractivity contribution in [3.63, 3.8) is 0 Å². The number of nitrogens with zero attached hydrogens (tertiary/aromatic N) is 1. The molecule has 2 N–H and O–H groups in total. The Balaban J connectivity index is 4.63. The summed E-state index contributed by atoms with van der Waals surface area (Å²) in [5, 5.41) is 0. The highest BCUT2D eigenvalue weighted by Gasteiger charge is 2.31. The molecule has 0 aromatic heterocycles. The van der Waals surface area contributed by atoms with E-state index in [1.165, 1.54) is 6.26 Å². The van der Waals surface area contributed by atoms with Gasteiger partial charge in [0.05, 0.1) is 5.75 Å². The fraction of sp³-hybridized carbons (Fsp3) is 1.00. The van der Waals surface area contributed by atoms with Crippen LogP contribution < -0.4 is 5.73 Å². The van der Waals surface area contributed by atoms with Crippen molar-refractivity contribution in [2.24, 2.45) is 5.73 Å². The molecule has 0 bridgehead atoms. The van der Waals surface area contributed by atoms with Crippen LogP contribution in [0, 0.1) is 0 Å². The second-order valence-corrected chi connectivity index (χ2v) is 7.37. The lowest BCUT2D eigenvalue weighted by atomic mass is 9.90. The van der Waals surface area contributed by atoms with Gasteiger partial charge in [0.2, 0.25) is 0 Å². The lowest BCUT2D eigenvalue weighted by molar-refractivity contribution is 0.0849. The summed E-state index contributed by atoms with van der Waals surface area (Å²) in [6, 6.07) is 0. The van der Waals surface area contributed by atoms with E-state index in [0.29, 0.717) is 13.0 Å². The van der Waals surface area contributed by atoms with Gasteiger partial charge in [0.15, 0.2) is 0 Å². The molecule has 110 valence electrons. The highest BCUT2D eigenvalue weighted by molar-refractivity contribution is 7.90. The Kier molecular flexibility index (Phi) is 8.06. The Hall–Kier alpha value is -0.130. The van der Waals surface area contributed by atoms with Gasteiger partial charge in [-0.3, -0.25) is 4.90 Å². The predicted molar refractivity (Wildman–Crippen MR) is 78.6 cm³/mol. The summed E-state index contributed by atoms with van der Waals surface area (Å²) in [7, 11) is -2.86. The first-order valence-electron chi connectivity index (χ1n) is 6.98. The fourth-order valence-electron chi connectivity index (χ4n) is 2.49. The Morgan fingerprint density at radius 3 is 2.00 bits per heavy atom. The third kappa shape index (κ3) is 5.67. The monoisotopic (exact) mass is 278 g/mol. The molecule has 0 amide bonds. The molecular formula is C13H30N2O2S. The second kappa shape index (κ2) is 8.12. The summed E-state index contributed by atoms with van der Waals surface area (Å²) in [5.74, 6) is 0.265. The third-order valence-corrected chi connectivity index (χ3v) is 4.83. The van der Waals surface area contributed by atoms with Crippen LogP contribution in [0.1, 0.15) is 46.5 Å². The van der Waals surface area contributed by atoms with Crippen LogP contribution in [-0.2, 0) is 9.84 Å². The van der Waals surface area contributed by atoms with E-state index in [1.54, 1.807) is 0 Å². The highest BCUT2D eigenvalue weighted by atomic mass is 32.2. The molecule has 0 aromatic rings. The van der Waals surface area contributed by atoms with Gasteiger partial charge in [-0.25, -0.2) is 8.42 Å². The molecule has 0 aliphatic heterocycles. The maximum Gasteiger partial charge on any atom is 0.147 e. The molecule has 0 heterocycles. The summed E-state index contributed by atoms with van der Waals surface area (Å²) in [5.41, 5.74) is 5.99. The molecule has 0 aromatic carbocycles. The topological polar surface area (TPSA) is 63.4 Å². The van der Waals surface area contributed by atoms with Gasteiger partial charge in [0.1, 0.15) is 9.84 Å². The zero-order valence-electron chi connectivity index (χ0n) is 12.4. The van der Waals surface area contributed by atoms with Crippen molar-refractivity contribution in [3.05, 3.63) is 0 Å². The molecule has 0 rings (SSSR count). The van der Waals surface area contributed by atoms with E-state index in [1.807, 2.05) is 0 Å². The molecule has 0 radical (unpaired) electrons. The summed E-state index contributed by atoms with van der Waals surface area (Å²) >= 11 is 0. The molecule has 0 spiro atoms. The lowest BCUT2D eigenvalue weighted by Crippen LogP contribution is -2.54. The van der Waals surface area contributed by atoms with Gasteiger partial charge < -0.3 is 5.73 Å². The van der Waals surface area contributed by atoms with Crippen LogP contribution in [0.4, 0.5) is 0 Å². The van der Waals surface area contributed by atoms with Gasteiger partial charge >= 0.3 is 0 Å². The summed E-state index contributed by atoms with van der Waals surface area (Å²) < 4.78 is 22.4. The first-order valence-corrected chi connectivity index (χ1v) is 9.04. The summed E-state index contributed by atoms with van der Waals surface area (Å²) in [6.45, 7) is 8.92. The Labute approximate surface area is 113 Å². The van der Waals surface area contributed by atoms with Gasteiger partial charge in [0, 0.05) is 18.3 Å². The highest BCUT2D eigenvalue weighted by Crippen LogP contribution is 2.23. The average molecular weight is 278 g/mol. The van der Waals surface area contributed by atoms with Crippen molar-refractivity contribution in [2.45, 2.75) is 52.0 Å². The minimum Gasteiger partial charge on any atom is -0.329 e. The minimum absolute atomic E-state index is 0.0352. The number of sulfone groups is 1. The van der Waals surface area contributed by atoms with Crippen molar-refractivity contribution < 1.29 is 8.42 Å². The predicted octanol–water partition coefficient (Wildman–Crippen LogP) is 1.65. The number of hydrogen-bond donors (Lipinski definition) is 1. The number of nitrogens with two attached hydrogens (primary N) is 1. The zero-order chi connectivity index (χ0) is 14.2. The van der Waals surface area contributed by atoms with Crippen molar-refractivity contribution in [3.8, 4) is 0 Å². The number of rotatable bonds is 10. The molecule has 0 saturated carbocycles. The van der Waals surface area contributed by atoms with Gasteiger partial charge in [-0.15, -0.1) is 0 Å². The van der Waals surface area contributed by atoms with Crippen LogP contribution in [0.25, 0.3) is 0 Å². The van der Waals surface area contributed by atoms with Gasteiger partial charge in [-0.05, 0) is 38.8 Å². The van der Waals surface area contributed by atoms with Crippen molar-refractivity contribution in [2.75, 3.05) is 31.6 Å². The normalized spacial score (nSPS) is 13.2. The van der Waals surface area contributed by atoms with Crippen LogP contribution in [0.2, 0.25) is 0 Å². The van der Waals surface area contributed by atoms with E-state index in [4.69, 9.17) is 5.73 Å². The first-order chi connectivity index (χ1) is 8.35. The van der Waals surface area contributed by atoms with Crippen LogP contribution in [0.5, 0.6) is 0 Å². The molecule has 0 unspecified atom stereocenters. The smallest absolute Gasteiger partial charge is 0.147 e. The van der Waals surface area contributed by atoms with Gasteiger partial charge in [-0.2, -0.15) is 0 Å². The van der Waals surface area contributed by atoms with E-state index in [2.05, 4.69) is 25.7 Å². The first kappa shape index (κ1) is 17.9. The van der Waals surface area contributed by atoms with Crippen molar-refractivity contribution in [1.82, 2.24) is 4.90 Å². The van der Waals surface area contributed by atoms with Gasteiger partial charge in [0.25, 0.3) is 0 Å². The zero-order valence-corrected chi connectivity index (χ0v) is 13.2. The van der Waals surface area contributed by atoms with Crippen molar-refractivity contribution >= 4 is 9.84 Å². The average Bonchev–Trinajstić information content (AvgIpc) is 2.30. The van der Waals surface area contributed by atoms with E-state index in [0.717, 1.165) is 32.4 Å². The maximum atomic E-state index is 11.2. The van der Waals surface area contributed by atoms with E-state index >= 15 is 0 Å². The van der Waals surface area contributed by atoms with E-state index in [9.17, 15) is 8.42 Å².